The van der Waals surface area contributed by atoms with E-state index in [1.807, 2.05) is 0 Å². The summed E-state index contributed by atoms with van der Waals surface area (Å²) >= 11 is 0. The van der Waals surface area contributed by atoms with Gasteiger partial charge in [-0.05, 0) is 137 Å². The molecule has 9 nitrogen and oxygen atoms in total. The molecule has 4 N–H and O–H groups in total. The first kappa shape index (κ1) is 40.2. The first-order valence-corrected chi connectivity index (χ1v) is 23.3. The topological polar surface area (TPSA) is 132 Å². The maximum atomic E-state index is 14.9. The molecule has 3 aromatic carbocycles. The van der Waals surface area contributed by atoms with Gasteiger partial charge in [-0.15, -0.1) is 0 Å². The van der Waals surface area contributed by atoms with Gasteiger partial charge in [0, 0.05) is 17.5 Å². The maximum absolute atomic E-state index is 14.9. The number of nitrogens with two attached hydrogens (primary N) is 2. The molecule has 0 heterocycles. The summed E-state index contributed by atoms with van der Waals surface area (Å²) in [6, 6.07) is 17.1. The number of ether oxygens (including phenoxy) is 4. The van der Waals surface area contributed by atoms with Crippen molar-refractivity contribution in [3.63, 3.8) is 0 Å². The number of alkyl halides is 2. The van der Waals surface area contributed by atoms with Gasteiger partial charge in [-0.3, -0.25) is 0 Å². The Hall–Kier alpha value is -4.21. The Morgan fingerprint density at radius 3 is 1.92 bits per heavy atom. The Morgan fingerprint density at radius 2 is 1.32 bits per heavy atom. The lowest BCUT2D eigenvalue weighted by Gasteiger charge is -2.31. The normalized spacial score (nSPS) is 12.1. The zero-order valence-corrected chi connectivity index (χ0v) is 31.6. The summed E-state index contributed by atoms with van der Waals surface area (Å²) in [7, 11) is -3.35. The van der Waals surface area contributed by atoms with E-state index in [0.717, 1.165) is 25.3 Å². The van der Waals surface area contributed by atoms with E-state index in [1.165, 1.54) is 60.7 Å². The standard InChI is InChI=1S/C37H50F2N2O7Si2/c1-49(2,3)48-50(4,5)24-10-23-44-33-18-14-30(15-19-33)37(38,39)47-34-16-11-28(12-17-34)13-20-35(42)45-21-8-6-7-9-22-46-36(43)29-25-31(40)27-32(41)26-29/h11-20,25-27H,6-10,21-24,40-41H2,1-5H3. The monoisotopic (exact) mass is 728 g/mol. The van der Waals surface area contributed by atoms with Crippen LogP contribution in [0.1, 0.15) is 53.6 Å². The van der Waals surface area contributed by atoms with Gasteiger partial charge in [-0.2, -0.15) is 8.78 Å². The molecule has 0 atom stereocenters. The highest BCUT2D eigenvalue weighted by molar-refractivity contribution is 6.84. The van der Waals surface area contributed by atoms with Crippen LogP contribution < -0.4 is 20.9 Å². The van der Waals surface area contributed by atoms with Crippen LogP contribution in [0.25, 0.3) is 6.08 Å². The highest BCUT2D eigenvalue weighted by Crippen LogP contribution is 2.33. The molecule has 0 bridgehead atoms. The van der Waals surface area contributed by atoms with Crippen molar-refractivity contribution in [2.45, 2.75) is 77.0 Å². The molecular weight excluding hydrogens is 679 g/mol. The van der Waals surface area contributed by atoms with Gasteiger partial charge < -0.3 is 34.5 Å². The molecule has 0 fully saturated rings. The number of rotatable bonds is 20. The van der Waals surface area contributed by atoms with E-state index in [0.29, 0.717) is 47.7 Å². The SMILES string of the molecule is C[Si](C)(C)O[Si](C)(C)CCCOc1ccc(C(F)(F)Oc2ccc(C=CC(=O)OCCCCCCOC(=O)c3cc(N)cc(N)c3)cc2)cc1. The summed E-state index contributed by atoms with van der Waals surface area (Å²) in [5.74, 6) is -0.497. The minimum Gasteiger partial charge on any atom is -0.494 e. The van der Waals surface area contributed by atoms with E-state index in [1.54, 1.807) is 18.2 Å². The van der Waals surface area contributed by atoms with E-state index < -0.39 is 34.7 Å². The molecule has 0 unspecified atom stereocenters. The van der Waals surface area contributed by atoms with Gasteiger partial charge in [-0.1, -0.05) is 12.1 Å². The van der Waals surface area contributed by atoms with E-state index in [-0.39, 0.29) is 24.5 Å². The van der Waals surface area contributed by atoms with E-state index in [9.17, 15) is 18.4 Å². The molecule has 50 heavy (non-hydrogen) atoms. The average Bonchev–Trinajstić information content (AvgIpc) is 3.02. The number of esters is 2. The molecule has 13 heteroatoms. The third-order valence-electron chi connectivity index (χ3n) is 7.23. The molecule has 0 spiro atoms. The molecule has 0 aliphatic heterocycles. The van der Waals surface area contributed by atoms with Crippen LogP contribution in [0, 0.1) is 0 Å². The van der Waals surface area contributed by atoms with Crippen LogP contribution in [0.3, 0.4) is 0 Å². The van der Waals surface area contributed by atoms with Crippen molar-refractivity contribution in [3.8, 4) is 11.5 Å². The number of anilines is 2. The van der Waals surface area contributed by atoms with Gasteiger partial charge in [0.1, 0.15) is 11.5 Å². The third kappa shape index (κ3) is 15.1. The molecule has 0 saturated carbocycles. The fourth-order valence-corrected chi connectivity index (χ4v) is 13.2. The summed E-state index contributed by atoms with van der Waals surface area (Å²) < 4.78 is 57.3. The van der Waals surface area contributed by atoms with Crippen LogP contribution in [-0.4, -0.2) is 48.4 Å². The van der Waals surface area contributed by atoms with Crippen LogP contribution in [0.5, 0.6) is 11.5 Å². The van der Waals surface area contributed by atoms with Crippen LogP contribution in [0.4, 0.5) is 20.2 Å². The number of hydrogen-bond acceptors (Lipinski definition) is 9. The molecular formula is C37H50F2N2O7Si2. The molecule has 0 amide bonds. The fourth-order valence-electron chi connectivity index (χ4n) is 5.15. The van der Waals surface area contributed by atoms with Gasteiger partial charge in [0.15, 0.2) is 16.6 Å². The van der Waals surface area contributed by atoms with E-state index >= 15 is 0 Å². The number of hydrogen-bond donors (Lipinski definition) is 2. The number of carbonyl (C=O) groups excluding carboxylic acids is 2. The number of halogens is 2. The second-order valence-corrected chi connectivity index (χ2v) is 22.6. The van der Waals surface area contributed by atoms with Crippen molar-refractivity contribution < 1.29 is 41.4 Å². The van der Waals surface area contributed by atoms with E-state index in [2.05, 4.69) is 32.7 Å². The lowest BCUT2D eigenvalue weighted by molar-refractivity contribution is -0.185. The summed E-state index contributed by atoms with van der Waals surface area (Å²) in [5, 5.41) is 0. The Bertz CT molecular complexity index is 1540. The third-order valence-corrected chi connectivity index (χ3v) is 13.4. The second-order valence-electron chi connectivity index (χ2n) is 13.6. The van der Waals surface area contributed by atoms with Gasteiger partial charge in [-0.25, -0.2) is 9.59 Å². The van der Waals surface area contributed by atoms with Crippen LogP contribution in [0.15, 0.2) is 72.8 Å². The highest BCUT2D eigenvalue weighted by atomic mass is 28.4. The minimum atomic E-state index is -3.56. The Morgan fingerprint density at radius 1 is 0.740 bits per heavy atom. The number of nitrogen functional groups attached to an aromatic ring is 2. The van der Waals surface area contributed by atoms with Crippen molar-refractivity contribution >= 4 is 46.0 Å². The largest absolute Gasteiger partial charge is 0.494 e. The summed E-state index contributed by atoms with van der Waals surface area (Å²) in [6.07, 6.45) is 3.00. The quantitative estimate of drug-likeness (QED) is 0.0385. The fraction of sp³-hybridized carbons (Fsp3) is 0.405. The first-order chi connectivity index (χ1) is 23.5. The Kier molecular flexibility index (Phi) is 15.0. The van der Waals surface area contributed by atoms with Crippen LogP contribution in [0.2, 0.25) is 38.8 Å². The predicted molar refractivity (Wildman–Crippen MR) is 198 cm³/mol. The molecule has 3 aromatic rings. The van der Waals surface area contributed by atoms with Crippen LogP contribution in [-0.2, 0) is 24.5 Å². The second kappa shape index (κ2) is 18.7. The van der Waals surface area contributed by atoms with Crippen molar-refractivity contribution in [2.24, 2.45) is 0 Å². The van der Waals surface area contributed by atoms with Crippen molar-refractivity contribution in [3.05, 3.63) is 89.5 Å². The molecule has 3 rings (SSSR count). The molecule has 0 aliphatic rings. The predicted octanol–water partition coefficient (Wildman–Crippen LogP) is 8.78. The molecule has 0 aliphatic carbocycles. The summed E-state index contributed by atoms with van der Waals surface area (Å²) in [6.45, 7) is 12.0. The number of benzene rings is 3. The van der Waals surface area contributed by atoms with Gasteiger partial charge in [0.05, 0.1) is 30.9 Å². The van der Waals surface area contributed by atoms with E-state index in [4.69, 9.17) is 34.5 Å². The van der Waals surface area contributed by atoms with Crippen molar-refractivity contribution in [1.82, 2.24) is 0 Å². The molecule has 272 valence electrons. The number of carbonyl (C=O) groups is 2. The van der Waals surface area contributed by atoms with Crippen molar-refractivity contribution in [1.29, 1.82) is 0 Å². The Balaban J connectivity index is 1.31. The lowest BCUT2D eigenvalue weighted by atomic mass is 10.2. The smallest absolute Gasteiger partial charge is 0.426 e. The minimum absolute atomic E-state index is 0.0217. The van der Waals surface area contributed by atoms with Crippen LogP contribution >= 0.6 is 0 Å². The molecule has 0 radical (unpaired) electrons. The average molecular weight is 729 g/mol. The Labute approximate surface area is 296 Å². The first-order valence-electron chi connectivity index (χ1n) is 16.8. The van der Waals surface area contributed by atoms with Gasteiger partial charge in [0.25, 0.3) is 0 Å². The molecule has 0 saturated heterocycles. The zero-order valence-electron chi connectivity index (χ0n) is 29.6. The van der Waals surface area contributed by atoms with Gasteiger partial charge >= 0.3 is 18.0 Å². The maximum Gasteiger partial charge on any atom is 0.426 e. The zero-order chi connectivity index (χ0) is 36.8. The number of unbranched alkanes of at least 4 members (excludes halogenated alkanes) is 3. The summed E-state index contributed by atoms with van der Waals surface area (Å²) in [5.41, 5.74) is 12.8. The molecule has 0 aromatic heterocycles. The van der Waals surface area contributed by atoms with Crippen molar-refractivity contribution in [2.75, 3.05) is 31.3 Å². The lowest BCUT2D eigenvalue weighted by Crippen LogP contribution is -2.42. The summed E-state index contributed by atoms with van der Waals surface area (Å²) in [4.78, 5) is 24.2. The highest BCUT2D eigenvalue weighted by Gasteiger charge is 2.34. The van der Waals surface area contributed by atoms with Gasteiger partial charge in [0.2, 0.25) is 0 Å².